The van der Waals surface area contributed by atoms with E-state index in [0.717, 1.165) is 38.8 Å². The van der Waals surface area contributed by atoms with Crippen molar-refractivity contribution >= 4 is 5.91 Å². The number of nitrogens with zero attached hydrogens (tertiary/aromatic N) is 2. The van der Waals surface area contributed by atoms with Gasteiger partial charge in [-0.3, -0.25) is 4.79 Å². The summed E-state index contributed by atoms with van der Waals surface area (Å²) in [6, 6.07) is 0.166. The number of hydrogen-bond donors (Lipinski definition) is 2. The highest BCUT2D eigenvalue weighted by atomic mass is 16.3. The Balaban J connectivity index is 1.93. The summed E-state index contributed by atoms with van der Waals surface area (Å²) in [4.78, 5) is 16.7. The topological polar surface area (TPSA) is 69.8 Å². The maximum atomic E-state index is 12.7. The first-order chi connectivity index (χ1) is 9.51. The van der Waals surface area contributed by atoms with E-state index < -0.39 is 0 Å². The second kappa shape index (κ2) is 6.87. The predicted octanol–water partition coefficient (Wildman–Crippen LogP) is 0.275. The number of rotatable bonds is 4. The fourth-order valence-electron chi connectivity index (χ4n) is 3.64. The number of hydrogen-bond acceptors (Lipinski definition) is 4. The predicted molar refractivity (Wildman–Crippen MR) is 79.2 cm³/mol. The molecule has 116 valence electrons. The van der Waals surface area contributed by atoms with Crippen LogP contribution in [0.3, 0.4) is 0 Å². The van der Waals surface area contributed by atoms with Gasteiger partial charge in [-0.1, -0.05) is 0 Å². The zero-order chi connectivity index (χ0) is 14.7. The van der Waals surface area contributed by atoms with Crippen molar-refractivity contribution in [1.29, 1.82) is 0 Å². The molecule has 3 N–H and O–H groups in total. The van der Waals surface area contributed by atoms with Crippen molar-refractivity contribution in [3.8, 4) is 0 Å². The van der Waals surface area contributed by atoms with Gasteiger partial charge >= 0.3 is 0 Å². The molecule has 1 amide bonds. The van der Waals surface area contributed by atoms with Gasteiger partial charge in [0.1, 0.15) is 0 Å². The molecular weight excluding hydrogens is 254 g/mol. The van der Waals surface area contributed by atoms with Crippen LogP contribution in [0.15, 0.2) is 0 Å². The standard InChI is InChI=1S/C15H29N3O2/c1-17(2)9-13-7-14(19)10-18(13)15(20)12-5-3-11(8-16)4-6-12/h11-14,19H,3-10,16H2,1-2H3. The van der Waals surface area contributed by atoms with Gasteiger partial charge in [-0.15, -0.1) is 0 Å². The quantitative estimate of drug-likeness (QED) is 0.777. The lowest BCUT2D eigenvalue weighted by atomic mass is 9.81. The van der Waals surface area contributed by atoms with E-state index in [2.05, 4.69) is 4.90 Å². The van der Waals surface area contributed by atoms with Crippen LogP contribution >= 0.6 is 0 Å². The molecule has 0 aromatic carbocycles. The van der Waals surface area contributed by atoms with Gasteiger partial charge in [0.05, 0.1) is 6.10 Å². The lowest BCUT2D eigenvalue weighted by Crippen LogP contribution is -2.45. The van der Waals surface area contributed by atoms with E-state index in [-0.39, 0.29) is 24.0 Å². The van der Waals surface area contributed by atoms with Crippen LogP contribution in [0.5, 0.6) is 0 Å². The van der Waals surface area contributed by atoms with Crippen molar-refractivity contribution in [2.75, 3.05) is 33.7 Å². The minimum atomic E-state index is -0.357. The zero-order valence-electron chi connectivity index (χ0n) is 12.8. The van der Waals surface area contributed by atoms with Crippen LogP contribution in [-0.4, -0.2) is 66.7 Å². The number of carbonyl (C=O) groups is 1. The first kappa shape index (κ1) is 15.7. The average Bonchev–Trinajstić information content (AvgIpc) is 2.78. The molecule has 2 rings (SSSR count). The van der Waals surface area contributed by atoms with Gasteiger partial charge in [0, 0.05) is 25.0 Å². The Kier molecular flexibility index (Phi) is 5.41. The molecule has 2 unspecified atom stereocenters. The van der Waals surface area contributed by atoms with Crippen LogP contribution in [-0.2, 0) is 4.79 Å². The van der Waals surface area contributed by atoms with Crippen LogP contribution in [0.25, 0.3) is 0 Å². The molecule has 5 nitrogen and oxygen atoms in total. The molecule has 0 radical (unpaired) electrons. The summed E-state index contributed by atoms with van der Waals surface area (Å²) in [6.45, 7) is 2.09. The van der Waals surface area contributed by atoms with Crippen molar-refractivity contribution in [3.05, 3.63) is 0 Å². The maximum Gasteiger partial charge on any atom is 0.226 e. The monoisotopic (exact) mass is 283 g/mol. The maximum absolute atomic E-state index is 12.7. The number of amides is 1. The van der Waals surface area contributed by atoms with E-state index in [9.17, 15) is 9.90 Å². The summed E-state index contributed by atoms with van der Waals surface area (Å²) >= 11 is 0. The van der Waals surface area contributed by atoms with Crippen molar-refractivity contribution < 1.29 is 9.90 Å². The molecule has 1 heterocycles. The summed E-state index contributed by atoms with van der Waals surface area (Å²) < 4.78 is 0. The van der Waals surface area contributed by atoms with Gasteiger partial charge in [0.15, 0.2) is 0 Å². The Hall–Kier alpha value is -0.650. The molecule has 1 aliphatic heterocycles. The molecule has 1 saturated carbocycles. The second-order valence-electron chi connectivity index (χ2n) is 6.75. The van der Waals surface area contributed by atoms with E-state index in [4.69, 9.17) is 5.73 Å². The van der Waals surface area contributed by atoms with Crippen LogP contribution < -0.4 is 5.73 Å². The van der Waals surface area contributed by atoms with Gasteiger partial charge in [-0.2, -0.15) is 0 Å². The summed E-state index contributed by atoms with van der Waals surface area (Å²) in [5, 5.41) is 9.88. The number of β-amino-alcohol motifs (C(OH)–C–C–N with tert-alkyl or cyclic N) is 1. The number of likely N-dealkylation sites (N-methyl/N-ethyl adjacent to an activating group) is 1. The Morgan fingerprint density at radius 1 is 1.30 bits per heavy atom. The van der Waals surface area contributed by atoms with E-state index in [1.54, 1.807) is 0 Å². The number of aliphatic hydroxyl groups excluding tert-OH is 1. The van der Waals surface area contributed by atoms with Gasteiger partial charge in [-0.25, -0.2) is 0 Å². The van der Waals surface area contributed by atoms with Gasteiger partial charge in [0.25, 0.3) is 0 Å². The van der Waals surface area contributed by atoms with E-state index >= 15 is 0 Å². The third kappa shape index (κ3) is 3.71. The van der Waals surface area contributed by atoms with Crippen molar-refractivity contribution in [1.82, 2.24) is 9.80 Å². The van der Waals surface area contributed by atoms with E-state index in [1.807, 2.05) is 19.0 Å². The smallest absolute Gasteiger partial charge is 0.226 e. The third-order valence-corrected chi connectivity index (χ3v) is 4.78. The number of nitrogens with two attached hydrogens (primary N) is 1. The number of likely N-dealkylation sites (tertiary alicyclic amines) is 1. The Morgan fingerprint density at radius 2 is 1.95 bits per heavy atom. The largest absolute Gasteiger partial charge is 0.391 e. The fourth-order valence-corrected chi connectivity index (χ4v) is 3.64. The van der Waals surface area contributed by atoms with Crippen LogP contribution in [0.2, 0.25) is 0 Å². The van der Waals surface area contributed by atoms with E-state index in [1.165, 1.54) is 0 Å². The lowest BCUT2D eigenvalue weighted by Gasteiger charge is -2.33. The third-order valence-electron chi connectivity index (χ3n) is 4.78. The average molecular weight is 283 g/mol. The summed E-state index contributed by atoms with van der Waals surface area (Å²) in [5.41, 5.74) is 5.71. The fraction of sp³-hybridized carbons (Fsp3) is 0.933. The number of carbonyl (C=O) groups excluding carboxylic acids is 1. The summed E-state index contributed by atoms with van der Waals surface area (Å²) in [7, 11) is 4.03. The minimum absolute atomic E-state index is 0.146. The normalized spacial score (nSPS) is 34.8. The van der Waals surface area contributed by atoms with Gasteiger partial charge in [-0.05, 0) is 58.7 Å². The summed E-state index contributed by atoms with van der Waals surface area (Å²) in [5.74, 6) is 0.998. The molecule has 5 heteroatoms. The Labute approximate surface area is 122 Å². The Morgan fingerprint density at radius 3 is 2.50 bits per heavy atom. The molecule has 0 spiro atoms. The van der Waals surface area contributed by atoms with Crippen LogP contribution in [0.1, 0.15) is 32.1 Å². The second-order valence-corrected chi connectivity index (χ2v) is 6.75. The van der Waals surface area contributed by atoms with Crippen molar-refractivity contribution in [3.63, 3.8) is 0 Å². The summed E-state index contributed by atoms with van der Waals surface area (Å²) in [6.07, 6.45) is 4.42. The molecule has 0 aromatic rings. The lowest BCUT2D eigenvalue weighted by molar-refractivity contribution is -0.138. The molecule has 1 aliphatic carbocycles. The van der Waals surface area contributed by atoms with Crippen LogP contribution in [0.4, 0.5) is 0 Å². The highest BCUT2D eigenvalue weighted by Crippen LogP contribution is 2.31. The molecule has 2 aliphatic rings. The molecular formula is C15H29N3O2. The van der Waals surface area contributed by atoms with Crippen molar-refractivity contribution in [2.24, 2.45) is 17.6 Å². The first-order valence-electron chi connectivity index (χ1n) is 7.84. The van der Waals surface area contributed by atoms with Gasteiger partial charge in [0.2, 0.25) is 5.91 Å². The molecule has 1 saturated heterocycles. The molecule has 2 atom stereocenters. The highest BCUT2D eigenvalue weighted by Gasteiger charge is 2.38. The Bertz CT molecular complexity index is 327. The minimum Gasteiger partial charge on any atom is -0.391 e. The zero-order valence-corrected chi connectivity index (χ0v) is 12.8. The molecule has 2 fully saturated rings. The van der Waals surface area contributed by atoms with Gasteiger partial charge < -0.3 is 20.6 Å². The molecule has 0 aromatic heterocycles. The van der Waals surface area contributed by atoms with E-state index in [0.29, 0.717) is 18.9 Å². The van der Waals surface area contributed by atoms with Crippen molar-refractivity contribution in [2.45, 2.75) is 44.2 Å². The first-order valence-corrected chi connectivity index (χ1v) is 7.84. The van der Waals surface area contributed by atoms with Crippen LogP contribution in [0, 0.1) is 11.8 Å². The SMILES string of the molecule is CN(C)CC1CC(O)CN1C(=O)C1CCC(CN)CC1. The highest BCUT2D eigenvalue weighted by molar-refractivity contribution is 5.79. The molecule has 0 bridgehead atoms. The number of aliphatic hydroxyl groups is 1. The molecule has 20 heavy (non-hydrogen) atoms.